The summed E-state index contributed by atoms with van der Waals surface area (Å²) in [7, 11) is -3.61. The monoisotopic (exact) mass is 321 g/mol. The molecule has 1 N–H and O–H groups in total. The van der Waals surface area contributed by atoms with Crippen LogP contribution in [0.1, 0.15) is 32.1 Å². The van der Waals surface area contributed by atoms with E-state index in [9.17, 15) is 8.42 Å². The second-order valence-electron chi connectivity index (χ2n) is 4.81. The molecule has 1 aliphatic carbocycles. The van der Waals surface area contributed by atoms with Gasteiger partial charge in [-0.15, -0.1) is 11.6 Å². The number of sulfonamides is 1. The van der Waals surface area contributed by atoms with E-state index in [0.29, 0.717) is 0 Å². The number of nitrogens with one attached hydrogen (secondary N) is 1. The van der Waals surface area contributed by atoms with Crippen LogP contribution in [0.3, 0.4) is 0 Å². The Morgan fingerprint density at radius 3 is 2.53 bits per heavy atom. The van der Waals surface area contributed by atoms with Crippen molar-refractivity contribution in [3.05, 3.63) is 29.3 Å². The molecule has 3 nitrogen and oxygen atoms in total. The second-order valence-corrected chi connectivity index (χ2v) is 7.46. The lowest BCUT2D eigenvalue weighted by Gasteiger charge is -2.21. The molecule has 1 aromatic rings. The predicted molar refractivity (Wildman–Crippen MR) is 78.3 cm³/mol. The third-order valence-electron chi connectivity index (χ3n) is 3.36. The molecule has 1 aliphatic rings. The molecule has 0 radical (unpaired) electrons. The van der Waals surface area contributed by atoms with Gasteiger partial charge in [0, 0.05) is 11.4 Å². The van der Waals surface area contributed by atoms with Crippen LogP contribution in [0, 0.1) is 0 Å². The molecule has 106 valence electrons. The first-order valence-electron chi connectivity index (χ1n) is 6.41. The standard InChI is InChI=1S/C13H17Cl2NO2S/c14-10-6-2-1-3-8-12(10)16-19(17,18)13-9-5-4-7-11(13)15/h4-5,7,9-10,12,16H,1-3,6,8H2. The van der Waals surface area contributed by atoms with Crippen LogP contribution in [0.15, 0.2) is 29.2 Å². The topological polar surface area (TPSA) is 46.2 Å². The van der Waals surface area contributed by atoms with Crippen LogP contribution >= 0.6 is 23.2 Å². The Morgan fingerprint density at radius 1 is 1.11 bits per heavy atom. The molecule has 1 aromatic carbocycles. The summed E-state index contributed by atoms with van der Waals surface area (Å²) in [6.45, 7) is 0. The number of hydrogen-bond donors (Lipinski definition) is 1. The fourth-order valence-corrected chi connectivity index (χ4v) is 4.57. The van der Waals surface area contributed by atoms with Gasteiger partial charge < -0.3 is 0 Å². The van der Waals surface area contributed by atoms with Crippen molar-refractivity contribution in [1.29, 1.82) is 0 Å². The summed E-state index contributed by atoms with van der Waals surface area (Å²) in [5, 5.41) is 0.0782. The summed E-state index contributed by atoms with van der Waals surface area (Å²) in [5.41, 5.74) is 0. The molecule has 0 aliphatic heterocycles. The molecule has 0 saturated heterocycles. The molecular weight excluding hydrogens is 305 g/mol. The van der Waals surface area contributed by atoms with Gasteiger partial charge in [0.05, 0.1) is 5.02 Å². The Bertz CT molecular complexity index is 533. The average Bonchev–Trinajstić information content (AvgIpc) is 2.55. The van der Waals surface area contributed by atoms with E-state index in [1.807, 2.05) is 0 Å². The fraction of sp³-hybridized carbons (Fsp3) is 0.538. The molecule has 0 amide bonds. The summed E-state index contributed by atoms with van der Waals surface area (Å²) in [6, 6.07) is 6.22. The summed E-state index contributed by atoms with van der Waals surface area (Å²) >= 11 is 12.2. The maximum absolute atomic E-state index is 12.3. The number of benzene rings is 1. The van der Waals surface area contributed by atoms with Gasteiger partial charge in [-0.25, -0.2) is 13.1 Å². The van der Waals surface area contributed by atoms with Crippen LogP contribution < -0.4 is 4.72 Å². The first-order chi connectivity index (χ1) is 9.00. The average molecular weight is 322 g/mol. The van der Waals surface area contributed by atoms with E-state index in [0.717, 1.165) is 32.1 Å². The van der Waals surface area contributed by atoms with E-state index in [1.54, 1.807) is 18.2 Å². The molecule has 0 bridgehead atoms. The molecule has 1 fully saturated rings. The van der Waals surface area contributed by atoms with Gasteiger partial charge in [0.15, 0.2) is 0 Å². The van der Waals surface area contributed by atoms with Gasteiger partial charge in [0.2, 0.25) is 10.0 Å². The molecule has 2 unspecified atom stereocenters. The number of rotatable bonds is 3. The Balaban J connectivity index is 2.19. The molecule has 2 rings (SSSR count). The second kappa shape index (κ2) is 6.44. The summed E-state index contributed by atoms with van der Waals surface area (Å²) < 4.78 is 27.3. The van der Waals surface area contributed by atoms with Crippen LogP contribution in [0.5, 0.6) is 0 Å². The largest absolute Gasteiger partial charge is 0.242 e. The summed E-state index contributed by atoms with van der Waals surface area (Å²) in [6.07, 6.45) is 4.78. The van der Waals surface area contributed by atoms with Gasteiger partial charge in [-0.05, 0) is 25.0 Å². The third kappa shape index (κ3) is 3.85. The Kier molecular flexibility index (Phi) is 5.12. The van der Waals surface area contributed by atoms with Crippen molar-refractivity contribution in [1.82, 2.24) is 4.72 Å². The highest BCUT2D eigenvalue weighted by molar-refractivity contribution is 7.89. The van der Waals surface area contributed by atoms with Gasteiger partial charge in [-0.3, -0.25) is 0 Å². The van der Waals surface area contributed by atoms with Crippen LogP contribution in [0.25, 0.3) is 0 Å². The van der Waals surface area contributed by atoms with Crippen LogP contribution in [-0.4, -0.2) is 19.8 Å². The maximum atomic E-state index is 12.3. The number of alkyl halides is 1. The number of halogens is 2. The summed E-state index contributed by atoms with van der Waals surface area (Å²) in [4.78, 5) is 0.116. The first-order valence-corrected chi connectivity index (χ1v) is 8.71. The van der Waals surface area contributed by atoms with Crippen molar-refractivity contribution in [3.8, 4) is 0 Å². The minimum Gasteiger partial charge on any atom is -0.207 e. The predicted octanol–water partition coefficient (Wildman–Crippen LogP) is 3.56. The lowest BCUT2D eigenvalue weighted by Crippen LogP contribution is -2.40. The zero-order valence-corrected chi connectivity index (χ0v) is 12.8. The van der Waals surface area contributed by atoms with Gasteiger partial charge in [-0.1, -0.05) is 43.0 Å². The first kappa shape index (κ1) is 15.1. The third-order valence-corrected chi connectivity index (χ3v) is 5.88. The highest BCUT2D eigenvalue weighted by atomic mass is 35.5. The molecule has 0 spiro atoms. The quantitative estimate of drug-likeness (QED) is 0.683. The van der Waals surface area contributed by atoms with E-state index in [-0.39, 0.29) is 21.3 Å². The van der Waals surface area contributed by atoms with E-state index in [4.69, 9.17) is 23.2 Å². The van der Waals surface area contributed by atoms with Gasteiger partial charge in [0.25, 0.3) is 0 Å². The Labute approximate surface area is 124 Å². The lowest BCUT2D eigenvalue weighted by molar-refractivity contribution is 0.514. The molecule has 19 heavy (non-hydrogen) atoms. The van der Waals surface area contributed by atoms with Crippen molar-refractivity contribution in [2.45, 2.75) is 48.4 Å². The van der Waals surface area contributed by atoms with Gasteiger partial charge in [-0.2, -0.15) is 0 Å². The van der Waals surface area contributed by atoms with E-state index < -0.39 is 10.0 Å². The zero-order chi connectivity index (χ0) is 13.9. The molecule has 6 heteroatoms. The molecule has 1 saturated carbocycles. The fourth-order valence-electron chi connectivity index (χ4n) is 2.32. The smallest absolute Gasteiger partial charge is 0.207 e. The molecule has 0 aromatic heterocycles. The minimum absolute atomic E-state index is 0.116. The normalized spacial score (nSPS) is 24.9. The minimum atomic E-state index is -3.61. The lowest BCUT2D eigenvalue weighted by atomic mass is 10.1. The van der Waals surface area contributed by atoms with Crippen molar-refractivity contribution in [2.24, 2.45) is 0 Å². The molecular formula is C13H17Cl2NO2S. The van der Waals surface area contributed by atoms with Crippen molar-refractivity contribution >= 4 is 33.2 Å². The highest BCUT2D eigenvalue weighted by Crippen LogP contribution is 2.26. The van der Waals surface area contributed by atoms with Crippen molar-refractivity contribution < 1.29 is 8.42 Å². The van der Waals surface area contributed by atoms with Gasteiger partial charge >= 0.3 is 0 Å². The van der Waals surface area contributed by atoms with Crippen LogP contribution in [-0.2, 0) is 10.0 Å². The molecule has 2 atom stereocenters. The molecule has 0 heterocycles. The highest BCUT2D eigenvalue weighted by Gasteiger charge is 2.28. The van der Waals surface area contributed by atoms with Crippen LogP contribution in [0.2, 0.25) is 5.02 Å². The van der Waals surface area contributed by atoms with E-state index in [2.05, 4.69) is 4.72 Å². The van der Waals surface area contributed by atoms with Crippen molar-refractivity contribution in [3.63, 3.8) is 0 Å². The Morgan fingerprint density at radius 2 is 1.79 bits per heavy atom. The maximum Gasteiger partial charge on any atom is 0.242 e. The zero-order valence-electron chi connectivity index (χ0n) is 10.5. The number of hydrogen-bond acceptors (Lipinski definition) is 2. The van der Waals surface area contributed by atoms with E-state index >= 15 is 0 Å². The van der Waals surface area contributed by atoms with Crippen molar-refractivity contribution in [2.75, 3.05) is 0 Å². The Hall–Kier alpha value is -0.290. The SMILES string of the molecule is O=S(=O)(NC1CCCCCC1Cl)c1ccccc1Cl. The summed E-state index contributed by atoms with van der Waals surface area (Å²) in [5.74, 6) is 0. The van der Waals surface area contributed by atoms with Gasteiger partial charge in [0.1, 0.15) is 4.90 Å². The van der Waals surface area contributed by atoms with Crippen LogP contribution in [0.4, 0.5) is 0 Å². The van der Waals surface area contributed by atoms with E-state index in [1.165, 1.54) is 6.07 Å².